The van der Waals surface area contributed by atoms with Crippen molar-refractivity contribution in [2.24, 2.45) is 0 Å². The Labute approximate surface area is 141 Å². The van der Waals surface area contributed by atoms with Crippen LogP contribution in [0.3, 0.4) is 0 Å². The highest BCUT2D eigenvalue weighted by Gasteiger charge is 2.13. The Morgan fingerprint density at radius 1 is 1.18 bits per heavy atom. The molecule has 0 aliphatic heterocycles. The Balaban J connectivity index is 1.73. The van der Waals surface area contributed by atoms with Crippen molar-refractivity contribution in [1.29, 1.82) is 0 Å². The van der Waals surface area contributed by atoms with Gasteiger partial charge in [0.05, 0.1) is 12.2 Å². The smallest absolute Gasteiger partial charge is 0.287 e. The molecule has 22 heavy (non-hydrogen) atoms. The maximum absolute atomic E-state index is 11.9. The summed E-state index contributed by atoms with van der Waals surface area (Å²) in [7, 11) is 0. The fourth-order valence-electron chi connectivity index (χ4n) is 1.78. The number of benzene rings is 1. The van der Waals surface area contributed by atoms with Crippen LogP contribution in [0.5, 0.6) is 0 Å². The highest BCUT2D eigenvalue weighted by Crippen LogP contribution is 2.15. The highest BCUT2D eigenvalue weighted by molar-refractivity contribution is 9.10. The van der Waals surface area contributed by atoms with Gasteiger partial charge in [-0.1, -0.05) is 15.9 Å². The fourth-order valence-corrected chi connectivity index (χ4v) is 2.35. The van der Waals surface area contributed by atoms with E-state index in [9.17, 15) is 4.79 Å². The Bertz CT molecular complexity index is 797. The predicted molar refractivity (Wildman–Crippen MR) is 84.4 cm³/mol. The lowest BCUT2D eigenvalue weighted by molar-refractivity contribution is 0.0920. The lowest BCUT2D eigenvalue weighted by Gasteiger charge is -2.05. The highest BCUT2D eigenvalue weighted by atomic mass is 79.9. The van der Waals surface area contributed by atoms with E-state index in [0.29, 0.717) is 10.5 Å². The molecule has 0 saturated carbocycles. The summed E-state index contributed by atoms with van der Waals surface area (Å²) in [6.45, 7) is 0.181. The first-order chi connectivity index (χ1) is 10.6. The van der Waals surface area contributed by atoms with Crippen molar-refractivity contribution in [2.45, 2.75) is 6.54 Å². The molecule has 0 spiro atoms. The van der Waals surface area contributed by atoms with Crippen LogP contribution in [0.1, 0.15) is 16.4 Å². The number of aromatic nitrogens is 4. The first kappa shape index (κ1) is 14.9. The van der Waals surface area contributed by atoms with Crippen molar-refractivity contribution in [2.75, 3.05) is 0 Å². The molecule has 0 aliphatic rings. The van der Waals surface area contributed by atoms with Crippen LogP contribution >= 0.6 is 31.9 Å². The zero-order chi connectivity index (χ0) is 15.5. The van der Waals surface area contributed by atoms with Gasteiger partial charge in [0.25, 0.3) is 5.91 Å². The minimum atomic E-state index is -0.337. The number of halogens is 2. The molecular weight excluding hydrogens is 418 g/mol. The summed E-state index contributed by atoms with van der Waals surface area (Å²) < 4.78 is 8.20. The third-order valence-corrected chi connectivity index (χ3v) is 3.76. The summed E-state index contributed by atoms with van der Waals surface area (Å²) in [5.41, 5.74) is 0.804. The lowest BCUT2D eigenvalue weighted by Crippen LogP contribution is -2.24. The van der Waals surface area contributed by atoms with E-state index in [0.717, 1.165) is 10.2 Å². The average molecular weight is 427 g/mol. The van der Waals surface area contributed by atoms with Gasteiger partial charge in [-0.05, 0) is 62.8 Å². The van der Waals surface area contributed by atoms with Crippen LogP contribution in [0.4, 0.5) is 0 Å². The first-order valence-electron chi connectivity index (χ1n) is 6.20. The molecule has 1 N–H and O–H groups in total. The second kappa shape index (κ2) is 6.41. The van der Waals surface area contributed by atoms with Crippen LogP contribution in [0.15, 0.2) is 50.0 Å². The second-order valence-electron chi connectivity index (χ2n) is 4.27. The van der Waals surface area contributed by atoms with Gasteiger partial charge in [-0.3, -0.25) is 4.79 Å². The van der Waals surface area contributed by atoms with Gasteiger partial charge in [0.1, 0.15) is 0 Å². The van der Waals surface area contributed by atoms with Crippen LogP contribution in [-0.4, -0.2) is 26.1 Å². The molecule has 3 aromatic rings. The van der Waals surface area contributed by atoms with Gasteiger partial charge in [0, 0.05) is 4.47 Å². The number of carbonyl (C=O) groups is 1. The van der Waals surface area contributed by atoms with Crippen molar-refractivity contribution < 1.29 is 9.21 Å². The van der Waals surface area contributed by atoms with Gasteiger partial charge in [-0.25, -0.2) is 0 Å². The SMILES string of the molecule is O=C(NCc1nnnn1-c1ccc(Br)cc1)c1ccc(Br)o1. The third-order valence-electron chi connectivity index (χ3n) is 2.81. The molecule has 0 fully saturated rings. The third kappa shape index (κ3) is 3.25. The molecule has 2 aromatic heterocycles. The van der Waals surface area contributed by atoms with Gasteiger partial charge >= 0.3 is 0 Å². The number of carbonyl (C=O) groups excluding carboxylic acids is 1. The van der Waals surface area contributed by atoms with Crippen molar-refractivity contribution in [1.82, 2.24) is 25.5 Å². The molecule has 9 heteroatoms. The Kier molecular flexibility index (Phi) is 4.34. The normalized spacial score (nSPS) is 10.6. The van der Waals surface area contributed by atoms with E-state index in [1.807, 2.05) is 24.3 Å². The average Bonchev–Trinajstić information content (AvgIpc) is 3.14. The van der Waals surface area contributed by atoms with Gasteiger partial charge in [0.2, 0.25) is 0 Å². The van der Waals surface area contributed by atoms with Crippen molar-refractivity contribution in [3.63, 3.8) is 0 Å². The molecule has 3 rings (SSSR count). The zero-order valence-corrected chi connectivity index (χ0v) is 14.2. The van der Waals surface area contributed by atoms with E-state index in [1.165, 1.54) is 0 Å². The van der Waals surface area contributed by atoms with Gasteiger partial charge in [-0.2, -0.15) is 4.68 Å². The number of hydrogen-bond donors (Lipinski definition) is 1. The lowest BCUT2D eigenvalue weighted by atomic mass is 10.3. The topological polar surface area (TPSA) is 85.8 Å². The standard InChI is InChI=1S/C13H9Br2N5O2/c14-8-1-3-9(4-2-8)20-12(17-18-19-20)7-16-13(21)10-5-6-11(15)22-10/h1-6H,7H2,(H,16,21). The summed E-state index contributed by atoms with van der Waals surface area (Å²) in [5.74, 6) is 0.395. The molecule has 0 aliphatic carbocycles. The second-order valence-corrected chi connectivity index (χ2v) is 5.97. The van der Waals surface area contributed by atoms with E-state index in [1.54, 1.807) is 16.8 Å². The molecular formula is C13H9Br2N5O2. The summed E-state index contributed by atoms with van der Waals surface area (Å²) in [5, 5.41) is 14.2. The largest absolute Gasteiger partial charge is 0.444 e. The molecule has 2 heterocycles. The molecule has 0 atom stereocenters. The van der Waals surface area contributed by atoms with Gasteiger partial charge in [0.15, 0.2) is 16.3 Å². The molecule has 0 unspecified atom stereocenters. The number of amides is 1. The summed E-state index contributed by atoms with van der Waals surface area (Å²) in [4.78, 5) is 11.9. The quantitative estimate of drug-likeness (QED) is 0.693. The summed E-state index contributed by atoms with van der Waals surface area (Å²) in [6, 6.07) is 10.8. The number of nitrogens with one attached hydrogen (secondary N) is 1. The Morgan fingerprint density at radius 2 is 1.95 bits per heavy atom. The van der Waals surface area contributed by atoms with Crippen LogP contribution < -0.4 is 5.32 Å². The number of rotatable bonds is 4. The van der Waals surface area contributed by atoms with Crippen molar-refractivity contribution in [3.05, 3.63) is 57.1 Å². The van der Waals surface area contributed by atoms with Crippen LogP contribution in [0.2, 0.25) is 0 Å². The molecule has 0 radical (unpaired) electrons. The molecule has 1 aromatic carbocycles. The molecule has 1 amide bonds. The predicted octanol–water partition coefficient (Wildman–Crippen LogP) is 2.71. The van der Waals surface area contributed by atoms with Crippen LogP contribution in [-0.2, 0) is 6.54 Å². The maximum atomic E-state index is 11.9. The maximum Gasteiger partial charge on any atom is 0.287 e. The Hall–Kier alpha value is -2.00. The molecule has 112 valence electrons. The van der Waals surface area contributed by atoms with E-state index in [2.05, 4.69) is 52.7 Å². The number of nitrogens with zero attached hydrogens (tertiary/aromatic N) is 4. The van der Waals surface area contributed by atoms with E-state index in [4.69, 9.17) is 4.42 Å². The summed E-state index contributed by atoms with van der Waals surface area (Å²) >= 11 is 6.52. The fraction of sp³-hybridized carbons (Fsp3) is 0.0769. The summed E-state index contributed by atoms with van der Waals surface area (Å²) in [6.07, 6.45) is 0. The zero-order valence-electron chi connectivity index (χ0n) is 11.0. The van der Waals surface area contributed by atoms with Crippen LogP contribution in [0, 0.1) is 0 Å². The van der Waals surface area contributed by atoms with Gasteiger partial charge in [-0.15, -0.1) is 5.10 Å². The van der Waals surface area contributed by atoms with Crippen LogP contribution in [0.25, 0.3) is 5.69 Å². The monoisotopic (exact) mass is 425 g/mol. The molecule has 0 bridgehead atoms. The molecule has 0 saturated heterocycles. The number of hydrogen-bond acceptors (Lipinski definition) is 5. The van der Waals surface area contributed by atoms with E-state index in [-0.39, 0.29) is 18.2 Å². The first-order valence-corrected chi connectivity index (χ1v) is 7.79. The van der Waals surface area contributed by atoms with E-state index < -0.39 is 0 Å². The molecule has 7 nitrogen and oxygen atoms in total. The van der Waals surface area contributed by atoms with E-state index >= 15 is 0 Å². The van der Waals surface area contributed by atoms with Gasteiger partial charge < -0.3 is 9.73 Å². The number of tetrazole rings is 1. The van der Waals surface area contributed by atoms with Crippen molar-refractivity contribution >= 4 is 37.8 Å². The Morgan fingerprint density at radius 3 is 2.64 bits per heavy atom. The number of furan rings is 1. The van der Waals surface area contributed by atoms with Crippen molar-refractivity contribution in [3.8, 4) is 5.69 Å². The minimum Gasteiger partial charge on any atom is -0.444 e. The minimum absolute atomic E-state index is 0.181.